The van der Waals surface area contributed by atoms with Crippen LogP contribution in [0, 0.1) is 0 Å². The van der Waals surface area contributed by atoms with E-state index in [1.165, 1.54) is 41.3 Å². The molecule has 0 bridgehead atoms. The van der Waals surface area contributed by atoms with Crippen LogP contribution < -0.4 is 10.6 Å². The van der Waals surface area contributed by atoms with Crippen LogP contribution in [0.3, 0.4) is 0 Å². The van der Waals surface area contributed by atoms with Gasteiger partial charge in [0.05, 0.1) is 5.69 Å². The van der Waals surface area contributed by atoms with Gasteiger partial charge in [0.25, 0.3) is 0 Å². The predicted octanol–water partition coefficient (Wildman–Crippen LogP) is 2.72. The maximum absolute atomic E-state index is 4.63. The number of guanidine groups is 1. The molecule has 7 heteroatoms. The van der Waals surface area contributed by atoms with Crippen molar-refractivity contribution in [3.05, 3.63) is 17.0 Å². The summed E-state index contributed by atoms with van der Waals surface area (Å²) in [5, 5.41) is 11.7. The summed E-state index contributed by atoms with van der Waals surface area (Å²) in [6.07, 6.45) is 4.50. The van der Waals surface area contributed by atoms with Crippen molar-refractivity contribution in [2.75, 3.05) is 18.6 Å². The number of hydrogen-bond donors (Lipinski definition) is 2. The molecule has 132 valence electrons. The van der Waals surface area contributed by atoms with Crippen molar-refractivity contribution < 1.29 is 0 Å². The predicted molar refractivity (Wildman–Crippen MR) is 111 cm³/mol. The van der Waals surface area contributed by atoms with E-state index in [1.54, 1.807) is 0 Å². The van der Waals surface area contributed by atoms with E-state index in [2.05, 4.69) is 34.6 Å². The molecule has 0 aliphatic carbocycles. The van der Waals surface area contributed by atoms with Crippen molar-refractivity contribution in [1.29, 1.82) is 0 Å². The number of halogens is 1. The minimum atomic E-state index is 0. The maximum atomic E-state index is 4.63. The third-order valence-electron chi connectivity index (χ3n) is 4.19. The Balaban J connectivity index is 0.00000264. The van der Waals surface area contributed by atoms with Gasteiger partial charge < -0.3 is 10.6 Å². The van der Waals surface area contributed by atoms with Crippen molar-refractivity contribution in [3.8, 4) is 0 Å². The van der Waals surface area contributed by atoms with Gasteiger partial charge in [0.1, 0.15) is 0 Å². The van der Waals surface area contributed by atoms with E-state index < -0.39 is 0 Å². The lowest BCUT2D eigenvalue weighted by Crippen LogP contribution is -2.45. The molecule has 0 amide bonds. The average Bonchev–Trinajstić information content (AvgIpc) is 2.87. The van der Waals surface area contributed by atoms with Gasteiger partial charge >= 0.3 is 0 Å². The zero-order valence-corrected chi connectivity index (χ0v) is 17.8. The zero-order chi connectivity index (χ0) is 15.9. The van der Waals surface area contributed by atoms with Gasteiger partial charge in [-0.2, -0.15) is 16.9 Å². The van der Waals surface area contributed by atoms with E-state index >= 15 is 0 Å². The van der Waals surface area contributed by atoms with Gasteiger partial charge in [-0.15, -0.1) is 24.0 Å². The van der Waals surface area contributed by atoms with Crippen LogP contribution in [0.25, 0.3) is 0 Å². The summed E-state index contributed by atoms with van der Waals surface area (Å²) < 4.78 is 2.02. The van der Waals surface area contributed by atoms with E-state index in [9.17, 15) is 0 Å². The number of nitrogens with zero attached hydrogens (tertiary/aromatic N) is 3. The first kappa shape index (κ1) is 20.6. The molecule has 1 aliphatic heterocycles. The first-order valence-electron chi connectivity index (χ1n) is 8.28. The molecule has 1 aliphatic rings. The Morgan fingerprint density at radius 3 is 2.74 bits per heavy atom. The van der Waals surface area contributed by atoms with Gasteiger partial charge in [0.2, 0.25) is 0 Å². The normalized spacial score (nSPS) is 18.4. The topological polar surface area (TPSA) is 54.2 Å². The van der Waals surface area contributed by atoms with Crippen LogP contribution in [-0.2, 0) is 26.4 Å². The Morgan fingerprint density at radius 2 is 2.17 bits per heavy atom. The summed E-state index contributed by atoms with van der Waals surface area (Å²) in [4.78, 5) is 4.37. The van der Waals surface area contributed by atoms with Crippen LogP contribution in [0.1, 0.15) is 43.6 Å². The Morgan fingerprint density at radius 1 is 1.39 bits per heavy atom. The Labute approximate surface area is 161 Å². The highest BCUT2D eigenvalue weighted by Crippen LogP contribution is 2.17. The maximum Gasteiger partial charge on any atom is 0.191 e. The lowest BCUT2D eigenvalue weighted by molar-refractivity contribution is 0.581. The fourth-order valence-electron chi connectivity index (χ4n) is 3.01. The number of aromatic nitrogens is 2. The highest BCUT2D eigenvalue weighted by atomic mass is 127. The van der Waals surface area contributed by atoms with E-state index in [0.29, 0.717) is 6.04 Å². The van der Waals surface area contributed by atoms with E-state index in [0.717, 1.165) is 25.3 Å². The molecule has 0 aromatic carbocycles. The van der Waals surface area contributed by atoms with E-state index in [-0.39, 0.29) is 24.0 Å². The van der Waals surface area contributed by atoms with Crippen molar-refractivity contribution in [2.45, 2.75) is 52.1 Å². The van der Waals surface area contributed by atoms with Gasteiger partial charge in [-0.1, -0.05) is 13.8 Å². The summed E-state index contributed by atoms with van der Waals surface area (Å²) >= 11 is 2.03. The molecule has 1 aromatic heterocycles. The molecule has 0 radical (unpaired) electrons. The number of rotatable bonds is 5. The first-order chi connectivity index (χ1) is 10.7. The zero-order valence-electron chi connectivity index (χ0n) is 14.7. The molecule has 5 nitrogen and oxygen atoms in total. The minimum absolute atomic E-state index is 0. The second-order valence-electron chi connectivity index (χ2n) is 5.69. The average molecular weight is 451 g/mol. The van der Waals surface area contributed by atoms with Crippen molar-refractivity contribution in [2.24, 2.45) is 12.0 Å². The number of nitrogens with one attached hydrogen (secondary N) is 2. The number of hydrogen-bond acceptors (Lipinski definition) is 3. The largest absolute Gasteiger partial charge is 0.353 e. The SMILES string of the molecule is CCc1nn(C)c(CC)c1CNC(=NC)NC1CCCSC1.I. The van der Waals surface area contributed by atoms with Crippen molar-refractivity contribution in [3.63, 3.8) is 0 Å². The van der Waals surface area contributed by atoms with Crippen molar-refractivity contribution >= 4 is 41.7 Å². The summed E-state index contributed by atoms with van der Waals surface area (Å²) in [5.41, 5.74) is 3.83. The Bertz CT molecular complexity index is 509. The number of thioether (sulfide) groups is 1. The van der Waals surface area contributed by atoms with Crippen molar-refractivity contribution in [1.82, 2.24) is 20.4 Å². The molecule has 0 saturated carbocycles. The molecule has 2 N–H and O–H groups in total. The lowest BCUT2D eigenvalue weighted by atomic mass is 10.1. The molecule has 1 aromatic rings. The van der Waals surface area contributed by atoms with Gasteiger partial charge in [-0.05, 0) is 31.4 Å². The summed E-state index contributed by atoms with van der Waals surface area (Å²) in [5.74, 6) is 3.37. The molecular weight excluding hydrogens is 421 g/mol. The molecule has 2 rings (SSSR count). The molecule has 1 unspecified atom stereocenters. The third-order valence-corrected chi connectivity index (χ3v) is 5.40. The Hall–Kier alpha value is -0.440. The molecule has 1 fully saturated rings. The molecule has 23 heavy (non-hydrogen) atoms. The van der Waals surface area contributed by atoms with Gasteiger partial charge in [-0.3, -0.25) is 9.67 Å². The van der Waals surface area contributed by atoms with Crippen LogP contribution in [0.5, 0.6) is 0 Å². The molecular formula is C16H30IN5S. The number of aryl methyl sites for hydroxylation is 2. The molecule has 1 atom stereocenters. The van der Waals surface area contributed by atoms with Crippen LogP contribution in [0.15, 0.2) is 4.99 Å². The van der Waals surface area contributed by atoms with Crippen LogP contribution >= 0.6 is 35.7 Å². The molecule has 0 spiro atoms. The second-order valence-corrected chi connectivity index (χ2v) is 6.84. The van der Waals surface area contributed by atoms with Crippen LogP contribution in [0.4, 0.5) is 0 Å². The van der Waals surface area contributed by atoms with Crippen LogP contribution in [-0.4, -0.2) is 40.3 Å². The number of aliphatic imine (C=N–C) groups is 1. The standard InChI is InChI=1S/C16H29N5S.HI/c1-5-14-13(15(6-2)21(4)20-14)10-18-16(17-3)19-12-8-7-9-22-11-12;/h12H,5-11H2,1-4H3,(H2,17,18,19);1H. The fraction of sp³-hybridized carbons (Fsp3) is 0.750. The van der Waals surface area contributed by atoms with E-state index in [4.69, 9.17) is 0 Å². The summed E-state index contributed by atoms with van der Waals surface area (Å²) in [6, 6.07) is 0.537. The van der Waals surface area contributed by atoms with Gasteiger partial charge in [0.15, 0.2) is 5.96 Å². The fourth-order valence-corrected chi connectivity index (χ4v) is 4.08. The van der Waals surface area contributed by atoms with Gasteiger partial charge in [0, 0.05) is 43.7 Å². The van der Waals surface area contributed by atoms with Crippen LogP contribution in [0.2, 0.25) is 0 Å². The molecule has 2 heterocycles. The smallest absolute Gasteiger partial charge is 0.191 e. The lowest BCUT2D eigenvalue weighted by Gasteiger charge is -2.24. The molecule has 1 saturated heterocycles. The third kappa shape index (κ3) is 5.55. The highest BCUT2D eigenvalue weighted by molar-refractivity contribution is 14.0. The monoisotopic (exact) mass is 451 g/mol. The van der Waals surface area contributed by atoms with E-state index in [1.807, 2.05) is 30.5 Å². The second kappa shape index (κ2) is 10.4. The Kier molecular flexibility index (Phi) is 9.34. The van der Waals surface area contributed by atoms with Gasteiger partial charge in [-0.25, -0.2) is 0 Å². The summed E-state index contributed by atoms with van der Waals surface area (Å²) in [7, 11) is 3.88. The summed E-state index contributed by atoms with van der Waals surface area (Å²) in [6.45, 7) is 5.14. The quantitative estimate of drug-likeness (QED) is 0.411. The highest BCUT2D eigenvalue weighted by Gasteiger charge is 2.17. The first-order valence-corrected chi connectivity index (χ1v) is 9.43. The minimum Gasteiger partial charge on any atom is -0.353 e.